The molecule has 0 aliphatic rings. The van der Waals surface area contributed by atoms with Gasteiger partial charge in [0.2, 0.25) is 11.8 Å². The molecule has 7 nitrogen and oxygen atoms in total. The number of hydrazone groups is 1. The van der Waals surface area contributed by atoms with Gasteiger partial charge in [0.25, 0.3) is 0 Å². The van der Waals surface area contributed by atoms with Crippen molar-refractivity contribution in [2.45, 2.75) is 20.0 Å². The second kappa shape index (κ2) is 12.0. The Labute approximate surface area is 191 Å². The van der Waals surface area contributed by atoms with Crippen molar-refractivity contribution in [3.05, 3.63) is 89.7 Å². The van der Waals surface area contributed by atoms with E-state index in [1.165, 1.54) is 30.5 Å². The SMILES string of the molecule is CCOc1cc(C=NNC(=O)CC(=O)Nc2ccc(F)cc2)ccc1OCc1ccccc1. The molecule has 2 amide bonds. The molecule has 0 saturated carbocycles. The number of carbonyl (C=O) groups excluding carboxylic acids is 2. The van der Waals surface area contributed by atoms with Crippen molar-refractivity contribution in [2.75, 3.05) is 11.9 Å². The Kier molecular flexibility index (Phi) is 8.53. The van der Waals surface area contributed by atoms with Crippen LogP contribution in [0, 0.1) is 5.82 Å². The zero-order valence-electron chi connectivity index (χ0n) is 18.1. The highest BCUT2D eigenvalue weighted by molar-refractivity contribution is 6.03. The van der Waals surface area contributed by atoms with Gasteiger partial charge in [-0.2, -0.15) is 5.10 Å². The lowest BCUT2D eigenvalue weighted by atomic mass is 10.2. The van der Waals surface area contributed by atoms with Crippen LogP contribution < -0.4 is 20.2 Å². The van der Waals surface area contributed by atoms with Crippen LogP contribution in [0.4, 0.5) is 10.1 Å². The number of halogens is 1. The first-order valence-corrected chi connectivity index (χ1v) is 10.3. The van der Waals surface area contributed by atoms with Crippen molar-refractivity contribution in [2.24, 2.45) is 5.10 Å². The fraction of sp³-hybridized carbons (Fsp3) is 0.160. The molecule has 0 atom stereocenters. The average Bonchev–Trinajstić information content (AvgIpc) is 2.81. The van der Waals surface area contributed by atoms with Crippen LogP contribution in [-0.4, -0.2) is 24.6 Å². The van der Waals surface area contributed by atoms with Gasteiger partial charge < -0.3 is 14.8 Å². The van der Waals surface area contributed by atoms with Crippen molar-refractivity contribution in [1.29, 1.82) is 0 Å². The Morgan fingerprint density at radius 1 is 0.939 bits per heavy atom. The van der Waals surface area contributed by atoms with Crippen LogP contribution in [0.1, 0.15) is 24.5 Å². The fourth-order valence-corrected chi connectivity index (χ4v) is 2.83. The molecule has 33 heavy (non-hydrogen) atoms. The normalized spacial score (nSPS) is 10.6. The summed E-state index contributed by atoms with van der Waals surface area (Å²) in [6.07, 6.45) is 1.02. The smallest absolute Gasteiger partial charge is 0.249 e. The highest BCUT2D eigenvalue weighted by Gasteiger charge is 2.10. The standard InChI is InChI=1S/C25H24FN3O4/c1-2-32-23-14-19(8-13-22(23)33-17-18-6-4-3-5-7-18)16-27-29-25(31)15-24(30)28-21-11-9-20(26)10-12-21/h3-14,16H,2,15,17H2,1H3,(H,28,30)(H,29,31). The van der Waals surface area contributed by atoms with Crippen molar-refractivity contribution in [3.8, 4) is 11.5 Å². The second-order valence-corrected chi connectivity index (χ2v) is 6.94. The lowest BCUT2D eigenvalue weighted by Crippen LogP contribution is -2.24. The predicted molar refractivity (Wildman–Crippen MR) is 124 cm³/mol. The van der Waals surface area contributed by atoms with Gasteiger partial charge in [0.1, 0.15) is 18.8 Å². The maximum Gasteiger partial charge on any atom is 0.249 e. The zero-order chi connectivity index (χ0) is 23.5. The summed E-state index contributed by atoms with van der Waals surface area (Å²) in [5.41, 5.74) is 4.43. The number of carbonyl (C=O) groups is 2. The van der Waals surface area contributed by atoms with Gasteiger partial charge in [0.15, 0.2) is 11.5 Å². The van der Waals surface area contributed by atoms with Crippen molar-refractivity contribution >= 4 is 23.7 Å². The van der Waals surface area contributed by atoms with E-state index in [2.05, 4.69) is 15.8 Å². The van der Waals surface area contributed by atoms with E-state index in [0.29, 0.717) is 36.0 Å². The number of hydrogen-bond donors (Lipinski definition) is 2. The summed E-state index contributed by atoms with van der Waals surface area (Å²) in [7, 11) is 0. The topological polar surface area (TPSA) is 89.0 Å². The number of benzene rings is 3. The molecule has 0 unspecified atom stereocenters. The lowest BCUT2D eigenvalue weighted by Gasteiger charge is -2.12. The second-order valence-electron chi connectivity index (χ2n) is 6.94. The summed E-state index contributed by atoms with van der Waals surface area (Å²) in [6.45, 7) is 2.74. The number of nitrogens with one attached hydrogen (secondary N) is 2. The maximum atomic E-state index is 12.9. The summed E-state index contributed by atoms with van der Waals surface area (Å²) in [6, 6.07) is 20.3. The summed E-state index contributed by atoms with van der Waals surface area (Å²) in [5.74, 6) is -0.378. The van der Waals surface area contributed by atoms with E-state index in [1.54, 1.807) is 18.2 Å². The van der Waals surface area contributed by atoms with Crippen LogP contribution in [0.5, 0.6) is 11.5 Å². The van der Waals surface area contributed by atoms with Crippen molar-refractivity contribution < 1.29 is 23.5 Å². The molecule has 170 valence electrons. The molecule has 0 saturated heterocycles. The third kappa shape index (κ3) is 7.77. The van der Waals surface area contributed by atoms with Gasteiger partial charge >= 0.3 is 0 Å². The van der Waals surface area contributed by atoms with E-state index in [4.69, 9.17) is 9.47 Å². The molecule has 3 aromatic carbocycles. The van der Waals surface area contributed by atoms with E-state index < -0.39 is 24.1 Å². The van der Waals surface area contributed by atoms with Crippen LogP contribution in [0.3, 0.4) is 0 Å². The van der Waals surface area contributed by atoms with Gasteiger partial charge in [-0.05, 0) is 60.5 Å². The fourth-order valence-electron chi connectivity index (χ4n) is 2.83. The lowest BCUT2D eigenvalue weighted by molar-refractivity contribution is -0.126. The summed E-state index contributed by atoms with van der Waals surface area (Å²) < 4.78 is 24.4. The van der Waals surface area contributed by atoms with E-state index in [0.717, 1.165) is 5.56 Å². The first-order chi connectivity index (χ1) is 16.0. The average molecular weight is 449 g/mol. The third-order valence-electron chi connectivity index (χ3n) is 4.36. The largest absolute Gasteiger partial charge is 0.490 e. The molecule has 0 radical (unpaired) electrons. The van der Waals surface area contributed by atoms with Gasteiger partial charge in [-0.25, -0.2) is 9.82 Å². The molecule has 0 heterocycles. The molecular formula is C25H24FN3O4. The Balaban J connectivity index is 1.52. The molecule has 0 spiro atoms. The molecule has 8 heteroatoms. The van der Waals surface area contributed by atoms with Crippen LogP contribution in [0.15, 0.2) is 77.9 Å². The van der Waals surface area contributed by atoms with Gasteiger partial charge in [0, 0.05) is 5.69 Å². The minimum Gasteiger partial charge on any atom is -0.490 e. The number of rotatable bonds is 10. The number of nitrogens with zero attached hydrogens (tertiary/aromatic N) is 1. The van der Waals surface area contributed by atoms with Crippen molar-refractivity contribution in [3.63, 3.8) is 0 Å². The molecule has 0 bridgehead atoms. The number of amides is 2. The van der Waals surface area contributed by atoms with Crippen LogP contribution in [0.2, 0.25) is 0 Å². The molecule has 0 aliphatic carbocycles. The molecule has 2 N–H and O–H groups in total. The summed E-state index contributed by atoms with van der Waals surface area (Å²) in [4.78, 5) is 23.9. The Morgan fingerprint density at radius 3 is 2.42 bits per heavy atom. The molecule has 0 fully saturated rings. The zero-order valence-corrected chi connectivity index (χ0v) is 18.1. The Bertz CT molecular complexity index is 1100. The highest BCUT2D eigenvalue weighted by Crippen LogP contribution is 2.28. The molecular weight excluding hydrogens is 425 g/mol. The van der Waals surface area contributed by atoms with E-state index in [9.17, 15) is 14.0 Å². The van der Waals surface area contributed by atoms with E-state index in [-0.39, 0.29) is 0 Å². The van der Waals surface area contributed by atoms with Crippen LogP contribution in [-0.2, 0) is 16.2 Å². The Morgan fingerprint density at radius 2 is 1.70 bits per heavy atom. The monoisotopic (exact) mass is 449 g/mol. The number of ether oxygens (including phenoxy) is 2. The minimum atomic E-state index is -0.585. The predicted octanol–water partition coefficient (Wildman–Crippen LogP) is 4.28. The quantitative estimate of drug-likeness (QED) is 0.275. The van der Waals surface area contributed by atoms with E-state index in [1.807, 2.05) is 37.3 Å². The van der Waals surface area contributed by atoms with Crippen molar-refractivity contribution in [1.82, 2.24) is 5.43 Å². The van der Waals surface area contributed by atoms with Gasteiger partial charge in [-0.1, -0.05) is 30.3 Å². The third-order valence-corrected chi connectivity index (χ3v) is 4.36. The Hall–Kier alpha value is -4.20. The maximum absolute atomic E-state index is 12.9. The minimum absolute atomic E-state index is 0.399. The molecule has 0 aliphatic heterocycles. The first-order valence-electron chi connectivity index (χ1n) is 10.3. The van der Waals surface area contributed by atoms with Crippen LogP contribution in [0.25, 0.3) is 0 Å². The number of hydrogen-bond acceptors (Lipinski definition) is 5. The van der Waals surface area contributed by atoms with Crippen LogP contribution >= 0.6 is 0 Å². The molecule has 3 aromatic rings. The van der Waals surface area contributed by atoms with Gasteiger partial charge in [-0.15, -0.1) is 0 Å². The first kappa shape index (κ1) is 23.5. The highest BCUT2D eigenvalue weighted by atomic mass is 19.1. The van der Waals surface area contributed by atoms with Gasteiger partial charge in [-0.3, -0.25) is 9.59 Å². The summed E-state index contributed by atoms with van der Waals surface area (Å²) >= 11 is 0. The van der Waals surface area contributed by atoms with Gasteiger partial charge in [0.05, 0.1) is 12.8 Å². The van der Waals surface area contributed by atoms with E-state index >= 15 is 0 Å². The number of anilines is 1. The molecule has 0 aromatic heterocycles. The molecule has 3 rings (SSSR count). The summed E-state index contributed by atoms with van der Waals surface area (Å²) in [5, 5.41) is 6.40.